The van der Waals surface area contributed by atoms with Gasteiger partial charge in [-0.15, -0.1) is 0 Å². The van der Waals surface area contributed by atoms with Crippen molar-refractivity contribution in [3.63, 3.8) is 0 Å². The van der Waals surface area contributed by atoms with Gasteiger partial charge in [-0.3, -0.25) is 14.5 Å². The molecule has 0 bridgehead atoms. The van der Waals surface area contributed by atoms with Gasteiger partial charge < -0.3 is 16.4 Å². The van der Waals surface area contributed by atoms with Gasteiger partial charge in [0.15, 0.2) is 9.84 Å². The fourth-order valence-corrected chi connectivity index (χ4v) is 6.02. The number of rotatable bonds is 9. The van der Waals surface area contributed by atoms with E-state index in [1.54, 1.807) is 4.90 Å². The lowest BCUT2D eigenvalue weighted by molar-refractivity contribution is -0.138. The van der Waals surface area contributed by atoms with Crippen molar-refractivity contribution in [2.45, 2.75) is 50.0 Å². The molecule has 1 saturated heterocycles. The summed E-state index contributed by atoms with van der Waals surface area (Å²) in [4.78, 5) is 26.2. The molecule has 0 aliphatic carbocycles. The van der Waals surface area contributed by atoms with Crippen LogP contribution in [-0.4, -0.2) is 56.6 Å². The first-order chi connectivity index (χ1) is 18.2. The highest BCUT2D eigenvalue weighted by molar-refractivity contribution is 7.91. The van der Waals surface area contributed by atoms with E-state index in [-0.39, 0.29) is 69.0 Å². The lowest BCUT2D eigenvalue weighted by Crippen LogP contribution is -2.48. The van der Waals surface area contributed by atoms with Crippen molar-refractivity contribution in [3.05, 3.63) is 62.6 Å². The van der Waals surface area contributed by atoms with E-state index in [1.165, 1.54) is 25.1 Å². The molecule has 0 radical (unpaired) electrons. The molecule has 2 aromatic rings. The number of amides is 2. The van der Waals surface area contributed by atoms with Gasteiger partial charge in [0.1, 0.15) is 0 Å². The second-order valence-electron chi connectivity index (χ2n) is 9.17. The van der Waals surface area contributed by atoms with Crippen LogP contribution in [0.4, 0.5) is 13.2 Å². The van der Waals surface area contributed by atoms with Crippen LogP contribution in [0.5, 0.6) is 0 Å². The molecule has 3 rings (SSSR count). The molecule has 0 saturated carbocycles. The normalized spacial score (nSPS) is 16.6. The van der Waals surface area contributed by atoms with E-state index in [0.29, 0.717) is 25.9 Å². The molecular formula is C25H29Cl2F3N4O4S. The second-order valence-corrected chi connectivity index (χ2v) is 12.3. The number of benzene rings is 2. The number of alkyl halides is 3. The summed E-state index contributed by atoms with van der Waals surface area (Å²) < 4.78 is 67.0. The smallest absolute Gasteiger partial charge is 0.351 e. The Balaban J connectivity index is 1.84. The van der Waals surface area contributed by atoms with Gasteiger partial charge in [0.05, 0.1) is 22.8 Å². The molecule has 214 valence electrons. The Morgan fingerprint density at radius 3 is 2.54 bits per heavy atom. The zero-order valence-corrected chi connectivity index (χ0v) is 23.4. The second kappa shape index (κ2) is 12.9. The Hall–Kier alpha value is -2.38. The number of nitrogens with zero attached hydrogens (tertiary/aromatic N) is 1. The van der Waals surface area contributed by atoms with Crippen molar-refractivity contribution in [3.8, 4) is 0 Å². The third kappa shape index (κ3) is 8.07. The number of nitrogens with two attached hydrogens (primary N) is 1. The molecule has 2 aromatic carbocycles. The number of hydrogen-bond donors (Lipinski definition) is 3. The van der Waals surface area contributed by atoms with Gasteiger partial charge in [-0.25, -0.2) is 8.42 Å². The molecule has 14 heteroatoms. The Kier molecular flexibility index (Phi) is 10.3. The van der Waals surface area contributed by atoms with Gasteiger partial charge in [-0.1, -0.05) is 30.1 Å². The van der Waals surface area contributed by atoms with Gasteiger partial charge in [-0.2, -0.15) is 13.2 Å². The third-order valence-corrected chi connectivity index (χ3v) is 8.78. The van der Waals surface area contributed by atoms with E-state index in [2.05, 4.69) is 10.6 Å². The SMILES string of the molecule is CCS(=O)(=O)c1ccc(Cl)cc1CNC(=O)c1cc(Cl)c(CN2CCCC(NC(=O)CN)C2)c(C(F)(F)F)c1. The minimum absolute atomic E-state index is 0.0263. The van der Waals surface area contributed by atoms with Crippen molar-refractivity contribution in [2.24, 2.45) is 5.73 Å². The summed E-state index contributed by atoms with van der Waals surface area (Å²) in [5.74, 6) is -1.39. The van der Waals surface area contributed by atoms with E-state index in [1.807, 2.05) is 0 Å². The van der Waals surface area contributed by atoms with Crippen LogP contribution in [0.3, 0.4) is 0 Å². The average Bonchev–Trinajstić information content (AvgIpc) is 2.87. The van der Waals surface area contributed by atoms with Gasteiger partial charge in [0.25, 0.3) is 5.91 Å². The number of nitrogens with one attached hydrogen (secondary N) is 2. The predicted octanol–water partition coefficient (Wildman–Crippen LogP) is 3.78. The molecular weight excluding hydrogens is 580 g/mol. The standard InChI is InChI=1S/C25H29Cl2F3N4O4S/c1-2-39(37,38)22-6-5-17(26)8-16(22)12-32-24(36)15-9-20(25(28,29)30)19(21(27)10-15)14-34-7-3-4-18(13-34)33-23(35)11-31/h5-6,8-10,18H,2-4,7,11-14,31H2,1H3,(H,32,36)(H,33,35). The number of sulfone groups is 1. The number of halogens is 5. The Bertz CT molecular complexity index is 1340. The maximum Gasteiger partial charge on any atom is 0.416 e. The van der Waals surface area contributed by atoms with E-state index in [4.69, 9.17) is 28.9 Å². The zero-order valence-electron chi connectivity index (χ0n) is 21.1. The van der Waals surface area contributed by atoms with Crippen LogP contribution in [0, 0.1) is 0 Å². The number of carbonyl (C=O) groups is 2. The Labute approximate surface area is 234 Å². The molecule has 8 nitrogen and oxygen atoms in total. The Morgan fingerprint density at radius 1 is 1.18 bits per heavy atom. The third-order valence-electron chi connectivity index (χ3n) is 6.38. The summed E-state index contributed by atoms with van der Waals surface area (Å²) in [5.41, 5.74) is 3.98. The lowest BCUT2D eigenvalue weighted by Gasteiger charge is -2.34. The van der Waals surface area contributed by atoms with E-state index >= 15 is 0 Å². The summed E-state index contributed by atoms with van der Waals surface area (Å²) in [6, 6.07) is 5.74. The largest absolute Gasteiger partial charge is 0.416 e. The molecule has 1 unspecified atom stereocenters. The molecule has 1 aliphatic heterocycles. The van der Waals surface area contributed by atoms with Gasteiger partial charge in [0, 0.05) is 41.3 Å². The van der Waals surface area contributed by atoms with Crippen LogP contribution >= 0.6 is 23.2 Å². The van der Waals surface area contributed by atoms with Crippen LogP contribution in [0.25, 0.3) is 0 Å². The molecule has 1 fully saturated rings. The summed E-state index contributed by atoms with van der Waals surface area (Å²) in [7, 11) is -3.64. The van der Waals surface area contributed by atoms with Gasteiger partial charge in [0.2, 0.25) is 5.91 Å². The Morgan fingerprint density at radius 2 is 1.90 bits per heavy atom. The first kappa shape index (κ1) is 31.2. The topological polar surface area (TPSA) is 122 Å². The molecule has 0 spiro atoms. The van der Waals surface area contributed by atoms with Crippen LogP contribution < -0.4 is 16.4 Å². The van der Waals surface area contributed by atoms with E-state index < -0.39 is 27.5 Å². The van der Waals surface area contributed by atoms with Crippen molar-refractivity contribution >= 4 is 44.9 Å². The molecule has 0 aromatic heterocycles. The highest BCUT2D eigenvalue weighted by Crippen LogP contribution is 2.37. The van der Waals surface area contributed by atoms with Crippen LogP contribution in [-0.2, 0) is 33.9 Å². The van der Waals surface area contributed by atoms with Crippen LogP contribution in [0.1, 0.15) is 46.8 Å². The van der Waals surface area contributed by atoms with Crippen molar-refractivity contribution < 1.29 is 31.2 Å². The van der Waals surface area contributed by atoms with Crippen LogP contribution in [0.15, 0.2) is 35.2 Å². The van der Waals surface area contributed by atoms with E-state index in [0.717, 1.165) is 12.1 Å². The fraction of sp³-hybridized carbons (Fsp3) is 0.440. The quantitative estimate of drug-likeness (QED) is 0.398. The zero-order chi connectivity index (χ0) is 29.0. The molecule has 1 atom stereocenters. The number of likely N-dealkylation sites (tertiary alicyclic amines) is 1. The monoisotopic (exact) mass is 608 g/mol. The molecule has 39 heavy (non-hydrogen) atoms. The number of carbonyl (C=O) groups excluding carboxylic acids is 2. The van der Waals surface area contributed by atoms with Crippen molar-refractivity contribution in [1.29, 1.82) is 0 Å². The minimum atomic E-state index is -4.80. The van der Waals surface area contributed by atoms with Gasteiger partial charge >= 0.3 is 6.18 Å². The average molecular weight is 609 g/mol. The summed E-state index contributed by atoms with van der Waals surface area (Å²) in [6.45, 7) is 1.70. The minimum Gasteiger partial charge on any atom is -0.351 e. The summed E-state index contributed by atoms with van der Waals surface area (Å²) >= 11 is 12.3. The van der Waals surface area contributed by atoms with Crippen LogP contribution in [0.2, 0.25) is 10.0 Å². The van der Waals surface area contributed by atoms with E-state index in [9.17, 15) is 31.2 Å². The number of piperidine rings is 1. The van der Waals surface area contributed by atoms with Crippen molar-refractivity contribution in [2.75, 3.05) is 25.4 Å². The predicted molar refractivity (Wildman–Crippen MR) is 142 cm³/mol. The maximum absolute atomic E-state index is 14.1. The molecule has 1 aliphatic rings. The molecule has 2 amide bonds. The highest BCUT2D eigenvalue weighted by Gasteiger charge is 2.36. The summed E-state index contributed by atoms with van der Waals surface area (Å²) in [5, 5.41) is 5.23. The molecule has 1 heterocycles. The highest BCUT2D eigenvalue weighted by atomic mass is 35.5. The lowest BCUT2D eigenvalue weighted by atomic mass is 10.00. The van der Waals surface area contributed by atoms with Crippen molar-refractivity contribution in [1.82, 2.24) is 15.5 Å². The maximum atomic E-state index is 14.1. The number of hydrogen-bond acceptors (Lipinski definition) is 6. The summed E-state index contributed by atoms with van der Waals surface area (Å²) in [6.07, 6.45) is -3.46. The first-order valence-electron chi connectivity index (χ1n) is 12.2. The first-order valence-corrected chi connectivity index (χ1v) is 14.6. The van der Waals surface area contributed by atoms with Gasteiger partial charge in [-0.05, 0) is 60.8 Å². The molecule has 4 N–H and O–H groups in total. The fourth-order valence-electron chi connectivity index (χ4n) is 4.43.